The first kappa shape index (κ1) is 29.1. The Balaban J connectivity index is 1.30. The fraction of sp³-hybridized carbons (Fsp3) is 0.0625. The van der Waals surface area contributed by atoms with Crippen molar-refractivity contribution in [3.8, 4) is 39.9 Å². The molecule has 0 amide bonds. The molecule has 0 N–H and O–H groups in total. The molecule has 0 radical (unpaired) electrons. The second-order valence-electron chi connectivity index (χ2n) is 14.4. The van der Waals surface area contributed by atoms with Crippen LogP contribution in [-0.2, 0) is 5.41 Å². The molecule has 1 aliphatic rings. The van der Waals surface area contributed by atoms with E-state index in [2.05, 4.69) is 176 Å². The molecule has 244 valence electrons. The van der Waals surface area contributed by atoms with Gasteiger partial charge >= 0.3 is 0 Å². The fourth-order valence-electron chi connectivity index (χ4n) is 8.84. The molecule has 0 atom stereocenters. The minimum Gasteiger partial charge on any atom is -0.278 e. The number of benzene rings is 8. The number of hydrogen-bond donors (Lipinski definition) is 0. The molecule has 0 unspecified atom stereocenters. The van der Waals surface area contributed by atoms with Crippen LogP contribution in [0.5, 0.6) is 0 Å². The largest absolute Gasteiger partial charge is 0.278 e. The van der Waals surface area contributed by atoms with Crippen LogP contribution in [0.3, 0.4) is 0 Å². The van der Waals surface area contributed by atoms with Gasteiger partial charge in [0.2, 0.25) is 5.95 Å². The van der Waals surface area contributed by atoms with Gasteiger partial charge in [0, 0.05) is 32.9 Å². The molecule has 8 aromatic carbocycles. The van der Waals surface area contributed by atoms with Gasteiger partial charge < -0.3 is 0 Å². The summed E-state index contributed by atoms with van der Waals surface area (Å²) in [6, 6.07) is 56.4. The molecule has 0 bridgehead atoms. The van der Waals surface area contributed by atoms with Gasteiger partial charge in [-0.05, 0) is 61.1 Å². The Kier molecular flexibility index (Phi) is 5.98. The van der Waals surface area contributed by atoms with Gasteiger partial charge in [0.1, 0.15) is 0 Å². The van der Waals surface area contributed by atoms with E-state index in [1.165, 1.54) is 43.8 Å². The lowest BCUT2D eigenvalue weighted by molar-refractivity contribution is 0.645. The molecule has 2 aromatic heterocycles. The summed E-state index contributed by atoms with van der Waals surface area (Å²) in [6.45, 7) is 4.71. The van der Waals surface area contributed by atoms with Crippen LogP contribution in [0.15, 0.2) is 158 Å². The highest BCUT2D eigenvalue weighted by Gasteiger charge is 2.35. The summed E-state index contributed by atoms with van der Waals surface area (Å²) in [5, 5.41) is 9.44. The van der Waals surface area contributed by atoms with Crippen LogP contribution in [-0.4, -0.2) is 19.5 Å². The maximum Gasteiger partial charge on any atom is 0.238 e. The molecular weight excluding hydrogens is 633 g/mol. The topological polar surface area (TPSA) is 43.6 Å². The standard InChI is InChI=1S/C48H32N4/c1-48(2)38-25-9-7-21-36(38)44-42-31(18-13-26-39(42)48)28-41-43(44)37-22-8-10-27-40(37)52(41)47-50-45(34-23-11-16-29-14-3-5-19-32(29)34)49-46(51-47)35-24-12-17-30-15-4-6-20-33(30)35/h3-28H,1-2H3. The number of nitrogens with zero attached hydrogens (tertiary/aromatic N) is 4. The summed E-state index contributed by atoms with van der Waals surface area (Å²) in [4.78, 5) is 16.0. The predicted octanol–water partition coefficient (Wildman–Crippen LogP) is 12.1. The van der Waals surface area contributed by atoms with Crippen LogP contribution in [0.2, 0.25) is 0 Å². The summed E-state index contributed by atoms with van der Waals surface area (Å²) in [5.41, 5.74) is 9.23. The maximum absolute atomic E-state index is 5.38. The van der Waals surface area contributed by atoms with Crippen molar-refractivity contribution >= 4 is 54.1 Å². The summed E-state index contributed by atoms with van der Waals surface area (Å²) in [7, 11) is 0. The molecule has 2 heterocycles. The summed E-state index contributed by atoms with van der Waals surface area (Å²) >= 11 is 0. The van der Waals surface area contributed by atoms with Crippen molar-refractivity contribution in [2.75, 3.05) is 0 Å². The van der Waals surface area contributed by atoms with Crippen molar-refractivity contribution in [1.82, 2.24) is 19.5 Å². The fourth-order valence-corrected chi connectivity index (χ4v) is 8.84. The molecule has 0 spiro atoms. The maximum atomic E-state index is 5.38. The Morgan fingerprint density at radius 3 is 1.65 bits per heavy atom. The van der Waals surface area contributed by atoms with Crippen LogP contribution >= 0.6 is 0 Å². The third-order valence-corrected chi connectivity index (χ3v) is 11.2. The smallest absolute Gasteiger partial charge is 0.238 e. The number of rotatable bonds is 3. The molecule has 10 aromatic rings. The van der Waals surface area contributed by atoms with E-state index >= 15 is 0 Å². The Morgan fingerprint density at radius 2 is 0.942 bits per heavy atom. The minimum atomic E-state index is -0.135. The number of fused-ring (bicyclic) bond motifs is 8. The molecule has 0 aliphatic heterocycles. The molecule has 4 heteroatoms. The number of hydrogen-bond acceptors (Lipinski definition) is 3. The van der Waals surface area contributed by atoms with Crippen LogP contribution in [0, 0.1) is 0 Å². The molecule has 1 aliphatic carbocycles. The van der Waals surface area contributed by atoms with E-state index in [1.54, 1.807) is 0 Å². The zero-order chi connectivity index (χ0) is 34.6. The van der Waals surface area contributed by atoms with E-state index in [9.17, 15) is 0 Å². The second kappa shape index (κ2) is 10.7. The first-order valence-electron chi connectivity index (χ1n) is 17.9. The molecule has 52 heavy (non-hydrogen) atoms. The monoisotopic (exact) mass is 664 g/mol. The summed E-state index contributed by atoms with van der Waals surface area (Å²) < 4.78 is 2.26. The Labute approximate surface area is 300 Å². The van der Waals surface area contributed by atoms with Crippen molar-refractivity contribution in [3.05, 3.63) is 169 Å². The molecule has 0 saturated heterocycles. The van der Waals surface area contributed by atoms with E-state index in [4.69, 9.17) is 15.0 Å². The Bertz CT molecular complexity index is 3010. The highest BCUT2D eigenvalue weighted by atomic mass is 15.2. The lowest BCUT2D eigenvalue weighted by Crippen LogP contribution is -2.23. The highest BCUT2D eigenvalue weighted by molar-refractivity contribution is 6.24. The first-order valence-corrected chi connectivity index (χ1v) is 17.9. The SMILES string of the molecule is CC1(C)c2ccccc2-c2c3c1cccc3cc1c2c2ccccc2n1-c1nc(-c2cccc3ccccc23)nc(-c2cccc3ccccc23)n1. The molecule has 4 nitrogen and oxygen atoms in total. The van der Waals surface area contributed by atoms with Crippen molar-refractivity contribution in [2.45, 2.75) is 19.3 Å². The normalized spacial score (nSPS) is 13.3. The van der Waals surface area contributed by atoms with Crippen LogP contribution in [0.25, 0.3) is 94.0 Å². The lowest BCUT2D eigenvalue weighted by Gasteiger charge is -2.35. The highest BCUT2D eigenvalue weighted by Crippen LogP contribution is 2.52. The van der Waals surface area contributed by atoms with Crippen LogP contribution in [0.4, 0.5) is 0 Å². The van der Waals surface area contributed by atoms with Gasteiger partial charge in [-0.15, -0.1) is 0 Å². The van der Waals surface area contributed by atoms with E-state index in [0.29, 0.717) is 17.6 Å². The Morgan fingerprint density at radius 1 is 0.423 bits per heavy atom. The van der Waals surface area contributed by atoms with Crippen LogP contribution < -0.4 is 0 Å². The van der Waals surface area contributed by atoms with Gasteiger partial charge in [0.05, 0.1) is 11.0 Å². The average molecular weight is 665 g/mol. The van der Waals surface area contributed by atoms with Gasteiger partial charge in [-0.25, -0.2) is 4.98 Å². The lowest BCUT2D eigenvalue weighted by atomic mass is 9.68. The summed E-state index contributed by atoms with van der Waals surface area (Å²) in [5.74, 6) is 1.89. The predicted molar refractivity (Wildman–Crippen MR) is 215 cm³/mol. The van der Waals surface area contributed by atoms with E-state index in [1.807, 2.05) is 0 Å². The van der Waals surface area contributed by atoms with Gasteiger partial charge in [-0.1, -0.05) is 159 Å². The van der Waals surface area contributed by atoms with Gasteiger partial charge in [0.15, 0.2) is 11.6 Å². The number of aromatic nitrogens is 4. The van der Waals surface area contributed by atoms with Crippen molar-refractivity contribution in [1.29, 1.82) is 0 Å². The van der Waals surface area contributed by atoms with Crippen molar-refractivity contribution in [3.63, 3.8) is 0 Å². The van der Waals surface area contributed by atoms with Gasteiger partial charge in [-0.2, -0.15) is 9.97 Å². The Hall–Kier alpha value is -6.65. The van der Waals surface area contributed by atoms with E-state index < -0.39 is 0 Å². The molecule has 0 saturated carbocycles. The molecule has 0 fully saturated rings. The zero-order valence-electron chi connectivity index (χ0n) is 28.8. The minimum absolute atomic E-state index is 0.135. The molecule has 11 rings (SSSR count). The van der Waals surface area contributed by atoms with Gasteiger partial charge in [0.25, 0.3) is 0 Å². The van der Waals surface area contributed by atoms with Crippen molar-refractivity contribution < 1.29 is 0 Å². The zero-order valence-corrected chi connectivity index (χ0v) is 28.8. The quantitative estimate of drug-likeness (QED) is 0.189. The second-order valence-corrected chi connectivity index (χ2v) is 14.4. The third-order valence-electron chi connectivity index (χ3n) is 11.2. The van der Waals surface area contributed by atoms with Gasteiger partial charge in [-0.3, -0.25) is 4.57 Å². The molecular formula is C48H32N4. The average Bonchev–Trinajstić information content (AvgIpc) is 3.52. The van der Waals surface area contributed by atoms with Crippen molar-refractivity contribution in [2.24, 2.45) is 0 Å². The first-order chi connectivity index (χ1) is 25.6. The third kappa shape index (κ3) is 4.00. The number of para-hydroxylation sites is 1. The van der Waals surface area contributed by atoms with E-state index in [0.717, 1.165) is 43.7 Å². The summed E-state index contributed by atoms with van der Waals surface area (Å²) in [6.07, 6.45) is 0. The van der Waals surface area contributed by atoms with E-state index in [-0.39, 0.29) is 5.41 Å². The van der Waals surface area contributed by atoms with Crippen LogP contribution in [0.1, 0.15) is 25.0 Å².